The van der Waals surface area contributed by atoms with Crippen LogP contribution in [0.5, 0.6) is 0 Å². The molecule has 3 rings (SSSR count). The number of aromatic nitrogens is 1. The highest BCUT2D eigenvalue weighted by Gasteiger charge is 2.31. The van der Waals surface area contributed by atoms with Crippen molar-refractivity contribution in [2.45, 2.75) is 26.3 Å². The lowest BCUT2D eigenvalue weighted by molar-refractivity contribution is -0.141. The van der Waals surface area contributed by atoms with Crippen LogP contribution < -0.4 is 0 Å². The molecule has 0 aromatic carbocycles. The third-order valence-electron chi connectivity index (χ3n) is 5.24. The predicted octanol–water partition coefficient (Wildman–Crippen LogP) is 0.891. The maximum atomic E-state index is 12.7. The van der Waals surface area contributed by atoms with E-state index in [2.05, 4.69) is 21.9 Å². The molecule has 1 atom stereocenters. The van der Waals surface area contributed by atoms with Gasteiger partial charge in [0.2, 0.25) is 11.8 Å². The fraction of sp³-hybridized carbons (Fsp3) is 0.667. The fourth-order valence-electron chi connectivity index (χ4n) is 3.69. The highest BCUT2D eigenvalue weighted by Crippen LogP contribution is 2.20. The monoisotopic (exact) mass is 332 g/mol. The second-order valence-electron chi connectivity index (χ2n) is 6.89. The Balaban J connectivity index is 1.44. The molecule has 6 heteroatoms. The Morgan fingerprint density at radius 3 is 2.33 bits per heavy atom. The van der Waals surface area contributed by atoms with Crippen molar-refractivity contribution in [2.24, 2.45) is 5.92 Å². The summed E-state index contributed by atoms with van der Waals surface area (Å²) >= 11 is 0. The molecule has 2 amide bonds. The fourth-order valence-corrected chi connectivity index (χ4v) is 3.69. The molecular formula is C18H28N4O2. The molecule has 1 aromatic rings. The van der Waals surface area contributed by atoms with Gasteiger partial charge in [0.25, 0.3) is 0 Å². The summed E-state index contributed by atoms with van der Waals surface area (Å²) in [4.78, 5) is 30.5. The Bertz CT molecular complexity index is 549. The topological polar surface area (TPSA) is 48.8 Å². The summed E-state index contributed by atoms with van der Waals surface area (Å²) in [6.07, 6.45) is 6.02. The van der Waals surface area contributed by atoms with Gasteiger partial charge in [0.1, 0.15) is 0 Å². The molecule has 0 spiro atoms. The normalized spacial score (nSPS) is 22.6. The van der Waals surface area contributed by atoms with Crippen LogP contribution in [0.4, 0.5) is 0 Å². The van der Waals surface area contributed by atoms with E-state index < -0.39 is 0 Å². The van der Waals surface area contributed by atoms with Crippen LogP contribution in [0.2, 0.25) is 0 Å². The van der Waals surface area contributed by atoms with Gasteiger partial charge in [-0.15, -0.1) is 0 Å². The molecule has 0 aliphatic carbocycles. The third-order valence-corrected chi connectivity index (χ3v) is 5.24. The summed E-state index contributed by atoms with van der Waals surface area (Å²) in [5.74, 6) is 0.322. The van der Waals surface area contributed by atoms with E-state index in [1.807, 2.05) is 21.9 Å². The number of piperidine rings is 1. The van der Waals surface area contributed by atoms with Crippen molar-refractivity contribution in [2.75, 3.05) is 45.8 Å². The lowest BCUT2D eigenvalue weighted by Crippen LogP contribution is -2.53. The Morgan fingerprint density at radius 2 is 1.67 bits per heavy atom. The van der Waals surface area contributed by atoms with Crippen molar-refractivity contribution >= 4 is 11.8 Å². The molecule has 1 aromatic heterocycles. The first-order valence-electron chi connectivity index (χ1n) is 9.01. The number of hydrogen-bond donors (Lipinski definition) is 0. The van der Waals surface area contributed by atoms with Crippen LogP contribution in [0, 0.1) is 5.92 Å². The Morgan fingerprint density at radius 1 is 0.958 bits per heavy atom. The molecule has 132 valence electrons. The molecule has 1 unspecified atom stereocenters. The van der Waals surface area contributed by atoms with Crippen LogP contribution in [0.3, 0.4) is 0 Å². The van der Waals surface area contributed by atoms with Crippen LogP contribution in [-0.4, -0.2) is 76.9 Å². The van der Waals surface area contributed by atoms with Gasteiger partial charge in [0, 0.05) is 71.7 Å². The minimum atomic E-state index is -0.00549. The standard InChI is InChI=1S/C18H28N4O2/c1-16(23)22-8-4-5-17(15-22)18(24)21-13-11-20(12-14-21)10-9-19-6-2-3-7-19/h2-3,6-7,17H,4-5,8-15H2,1H3. The third kappa shape index (κ3) is 4.17. The van der Waals surface area contributed by atoms with Crippen molar-refractivity contribution in [1.29, 1.82) is 0 Å². The van der Waals surface area contributed by atoms with Crippen molar-refractivity contribution < 1.29 is 9.59 Å². The van der Waals surface area contributed by atoms with Gasteiger partial charge in [0.05, 0.1) is 5.92 Å². The highest BCUT2D eigenvalue weighted by molar-refractivity contribution is 5.81. The van der Waals surface area contributed by atoms with Crippen molar-refractivity contribution in [3.8, 4) is 0 Å². The second kappa shape index (κ2) is 7.83. The molecule has 2 aliphatic rings. The number of carbonyl (C=O) groups is 2. The molecule has 0 bridgehead atoms. The van der Waals surface area contributed by atoms with Crippen molar-refractivity contribution in [3.05, 3.63) is 24.5 Å². The summed E-state index contributed by atoms with van der Waals surface area (Å²) in [5, 5.41) is 0. The first kappa shape index (κ1) is 17.0. The van der Waals surface area contributed by atoms with Gasteiger partial charge in [-0.1, -0.05) is 0 Å². The van der Waals surface area contributed by atoms with Crippen LogP contribution in [-0.2, 0) is 16.1 Å². The first-order valence-corrected chi connectivity index (χ1v) is 9.01. The number of carbonyl (C=O) groups excluding carboxylic acids is 2. The summed E-state index contributed by atoms with van der Waals surface area (Å²) < 4.78 is 2.19. The summed E-state index contributed by atoms with van der Waals surface area (Å²) in [7, 11) is 0. The summed E-state index contributed by atoms with van der Waals surface area (Å²) in [6.45, 7) is 8.51. The number of nitrogens with zero attached hydrogens (tertiary/aromatic N) is 4. The van der Waals surface area contributed by atoms with Gasteiger partial charge in [-0.3, -0.25) is 14.5 Å². The molecule has 2 saturated heterocycles. The lowest BCUT2D eigenvalue weighted by Gasteiger charge is -2.38. The zero-order valence-corrected chi connectivity index (χ0v) is 14.6. The van der Waals surface area contributed by atoms with Crippen molar-refractivity contribution in [3.63, 3.8) is 0 Å². The molecule has 24 heavy (non-hydrogen) atoms. The van der Waals surface area contributed by atoms with Crippen LogP contribution in [0.15, 0.2) is 24.5 Å². The number of hydrogen-bond acceptors (Lipinski definition) is 3. The zero-order valence-electron chi connectivity index (χ0n) is 14.6. The van der Waals surface area contributed by atoms with E-state index in [9.17, 15) is 9.59 Å². The summed E-state index contributed by atoms with van der Waals surface area (Å²) in [5.41, 5.74) is 0. The Hall–Kier alpha value is -1.82. The van der Waals surface area contributed by atoms with Gasteiger partial charge in [-0.25, -0.2) is 0 Å². The minimum absolute atomic E-state index is 0.00549. The first-order chi connectivity index (χ1) is 11.6. The van der Waals surface area contributed by atoms with E-state index in [-0.39, 0.29) is 17.7 Å². The van der Waals surface area contributed by atoms with E-state index in [1.165, 1.54) is 0 Å². The van der Waals surface area contributed by atoms with Crippen LogP contribution in [0.1, 0.15) is 19.8 Å². The quantitative estimate of drug-likeness (QED) is 0.823. The van der Waals surface area contributed by atoms with Gasteiger partial charge in [-0.2, -0.15) is 0 Å². The molecule has 2 fully saturated rings. The van der Waals surface area contributed by atoms with E-state index in [1.54, 1.807) is 6.92 Å². The average molecular weight is 332 g/mol. The number of rotatable bonds is 4. The molecule has 2 aliphatic heterocycles. The Labute approximate surface area is 144 Å². The Kier molecular flexibility index (Phi) is 5.56. The number of amides is 2. The van der Waals surface area contributed by atoms with Gasteiger partial charge < -0.3 is 14.4 Å². The molecule has 0 radical (unpaired) electrons. The lowest BCUT2D eigenvalue weighted by atomic mass is 9.96. The molecule has 0 saturated carbocycles. The van der Waals surface area contributed by atoms with E-state index in [0.717, 1.165) is 58.7 Å². The maximum absolute atomic E-state index is 12.7. The van der Waals surface area contributed by atoms with Crippen molar-refractivity contribution in [1.82, 2.24) is 19.3 Å². The van der Waals surface area contributed by atoms with Gasteiger partial charge in [0.15, 0.2) is 0 Å². The van der Waals surface area contributed by atoms with E-state index in [0.29, 0.717) is 6.54 Å². The van der Waals surface area contributed by atoms with Crippen LogP contribution in [0.25, 0.3) is 0 Å². The largest absolute Gasteiger partial charge is 0.353 e. The molecule has 6 nitrogen and oxygen atoms in total. The van der Waals surface area contributed by atoms with Gasteiger partial charge in [-0.05, 0) is 25.0 Å². The van der Waals surface area contributed by atoms with E-state index >= 15 is 0 Å². The number of likely N-dealkylation sites (tertiary alicyclic amines) is 1. The minimum Gasteiger partial charge on any atom is -0.353 e. The summed E-state index contributed by atoms with van der Waals surface area (Å²) in [6, 6.07) is 4.09. The van der Waals surface area contributed by atoms with Gasteiger partial charge >= 0.3 is 0 Å². The molecular weight excluding hydrogens is 304 g/mol. The zero-order chi connectivity index (χ0) is 16.9. The maximum Gasteiger partial charge on any atom is 0.227 e. The molecule has 0 N–H and O–H groups in total. The molecule has 3 heterocycles. The highest BCUT2D eigenvalue weighted by atomic mass is 16.2. The predicted molar refractivity (Wildman–Crippen MR) is 92.4 cm³/mol. The number of piperazine rings is 1. The smallest absolute Gasteiger partial charge is 0.227 e. The average Bonchev–Trinajstić information content (AvgIpc) is 3.13. The van der Waals surface area contributed by atoms with Crippen LogP contribution >= 0.6 is 0 Å². The second-order valence-corrected chi connectivity index (χ2v) is 6.89. The van der Waals surface area contributed by atoms with E-state index in [4.69, 9.17) is 0 Å². The SMILES string of the molecule is CC(=O)N1CCCC(C(=O)N2CCN(CCn3cccc3)CC2)C1.